The molecular formula is C16H25BrO3Si. The van der Waals surface area contributed by atoms with Gasteiger partial charge in [-0.05, 0) is 42.8 Å². The number of Topliss-reactive ketones (excluding diaryl/α,β-unsaturated/α-hetero) is 1. The van der Waals surface area contributed by atoms with Crippen LogP contribution in [0.1, 0.15) is 39.4 Å². The summed E-state index contributed by atoms with van der Waals surface area (Å²) in [5.74, 6) is -0.143. The minimum atomic E-state index is -2.13. The summed E-state index contributed by atoms with van der Waals surface area (Å²) in [7, 11) is -2.13. The Kier molecular flexibility index (Phi) is 5.95. The molecule has 118 valence electrons. The van der Waals surface area contributed by atoms with Gasteiger partial charge in [-0.3, -0.25) is 4.79 Å². The summed E-state index contributed by atoms with van der Waals surface area (Å²) in [6.45, 7) is 12.0. The molecule has 1 aromatic carbocycles. The van der Waals surface area contributed by atoms with Crippen LogP contribution in [0.4, 0.5) is 0 Å². The zero-order valence-corrected chi connectivity index (χ0v) is 16.2. The average Bonchev–Trinajstić information content (AvgIpc) is 2.34. The molecule has 0 heterocycles. The van der Waals surface area contributed by atoms with Gasteiger partial charge in [-0.2, -0.15) is 0 Å². The van der Waals surface area contributed by atoms with E-state index in [0.29, 0.717) is 5.56 Å². The van der Waals surface area contributed by atoms with E-state index in [-0.39, 0.29) is 10.8 Å². The molecule has 0 aliphatic rings. The van der Waals surface area contributed by atoms with Crippen LogP contribution in [0.15, 0.2) is 28.7 Å². The lowest BCUT2D eigenvalue weighted by atomic mass is 10.0. The lowest BCUT2D eigenvalue weighted by molar-refractivity contribution is -0.129. The van der Waals surface area contributed by atoms with Crippen molar-refractivity contribution in [3.63, 3.8) is 0 Å². The van der Waals surface area contributed by atoms with Gasteiger partial charge in [0.1, 0.15) is 12.2 Å². The first-order chi connectivity index (χ1) is 9.45. The highest BCUT2D eigenvalue weighted by Crippen LogP contribution is 2.39. The van der Waals surface area contributed by atoms with Crippen molar-refractivity contribution in [2.24, 2.45) is 0 Å². The highest BCUT2D eigenvalue weighted by Gasteiger charge is 2.42. The van der Waals surface area contributed by atoms with E-state index in [4.69, 9.17) is 4.43 Å². The lowest BCUT2D eigenvalue weighted by Crippen LogP contribution is -2.47. The van der Waals surface area contributed by atoms with Gasteiger partial charge >= 0.3 is 0 Å². The van der Waals surface area contributed by atoms with Crippen molar-refractivity contribution in [1.82, 2.24) is 0 Å². The maximum atomic E-state index is 12.0. The van der Waals surface area contributed by atoms with Crippen LogP contribution in [0.5, 0.6) is 0 Å². The van der Waals surface area contributed by atoms with Crippen molar-refractivity contribution in [1.29, 1.82) is 0 Å². The SMILES string of the molecule is CC(=O)[C@H](O[Si](C)(C)C(C)(C)C)[C@@H](O)c1ccc(Br)cc1. The molecule has 0 unspecified atom stereocenters. The van der Waals surface area contributed by atoms with E-state index in [1.807, 2.05) is 12.1 Å². The van der Waals surface area contributed by atoms with Crippen LogP contribution in [0.25, 0.3) is 0 Å². The Morgan fingerprint density at radius 3 is 2.10 bits per heavy atom. The van der Waals surface area contributed by atoms with E-state index < -0.39 is 20.5 Å². The van der Waals surface area contributed by atoms with Crippen molar-refractivity contribution in [2.45, 2.75) is 58.0 Å². The van der Waals surface area contributed by atoms with Gasteiger partial charge in [0.15, 0.2) is 14.1 Å². The van der Waals surface area contributed by atoms with E-state index >= 15 is 0 Å². The van der Waals surface area contributed by atoms with Crippen LogP contribution >= 0.6 is 15.9 Å². The minimum Gasteiger partial charge on any atom is -0.404 e. The summed E-state index contributed by atoms with van der Waals surface area (Å²) >= 11 is 3.36. The van der Waals surface area contributed by atoms with Crippen LogP contribution in [0.2, 0.25) is 18.1 Å². The lowest BCUT2D eigenvalue weighted by Gasteiger charge is -2.39. The van der Waals surface area contributed by atoms with Crippen LogP contribution in [-0.2, 0) is 9.22 Å². The summed E-state index contributed by atoms with van der Waals surface area (Å²) < 4.78 is 7.07. The van der Waals surface area contributed by atoms with Crippen LogP contribution in [0, 0.1) is 0 Å². The molecule has 0 aliphatic carbocycles. The number of benzene rings is 1. The van der Waals surface area contributed by atoms with E-state index in [9.17, 15) is 9.90 Å². The molecule has 0 bridgehead atoms. The third-order valence-electron chi connectivity index (χ3n) is 4.13. The van der Waals surface area contributed by atoms with Crippen molar-refractivity contribution in [3.8, 4) is 0 Å². The normalized spacial score (nSPS) is 15.6. The fraction of sp³-hybridized carbons (Fsp3) is 0.562. The predicted molar refractivity (Wildman–Crippen MR) is 91.9 cm³/mol. The molecule has 2 atom stereocenters. The van der Waals surface area contributed by atoms with Crippen LogP contribution in [0.3, 0.4) is 0 Å². The van der Waals surface area contributed by atoms with Crippen molar-refractivity contribution >= 4 is 30.0 Å². The van der Waals surface area contributed by atoms with Gasteiger partial charge in [0.2, 0.25) is 0 Å². The Morgan fingerprint density at radius 1 is 1.24 bits per heavy atom. The molecule has 0 amide bonds. The molecule has 1 aromatic rings. The third-order valence-corrected chi connectivity index (χ3v) is 9.11. The highest BCUT2D eigenvalue weighted by molar-refractivity contribution is 9.10. The smallest absolute Gasteiger partial charge is 0.193 e. The summed E-state index contributed by atoms with van der Waals surface area (Å²) in [6.07, 6.45) is -1.75. The molecule has 1 N–H and O–H groups in total. The molecule has 21 heavy (non-hydrogen) atoms. The number of aliphatic hydroxyl groups is 1. The van der Waals surface area contributed by atoms with Gasteiger partial charge in [0.25, 0.3) is 0 Å². The number of aliphatic hydroxyl groups excluding tert-OH is 1. The second-order valence-corrected chi connectivity index (χ2v) is 12.6. The number of ketones is 1. The van der Waals surface area contributed by atoms with Crippen LogP contribution < -0.4 is 0 Å². The molecular weight excluding hydrogens is 348 g/mol. The summed E-state index contributed by atoms with van der Waals surface area (Å²) in [6, 6.07) is 7.31. The topological polar surface area (TPSA) is 46.5 Å². The van der Waals surface area contributed by atoms with Gasteiger partial charge in [0.05, 0.1) is 0 Å². The molecule has 1 rings (SSSR count). The first kappa shape index (κ1) is 18.6. The summed E-state index contributed by atoms with van der Waals surface area (Å²) in [4.78, 5) is 12.0. The molecule has 0 saturated carbocycles. The van der Waals surface area contributed by atoms with Crippen LogP contribution in [-0.4, -0.2) is 25.3 Å². The number of carbonyl (C=O) groups excluding carboxylic acids is 1. The first-order valence-corrected chi connectivity index (χ1v) is 10.8. The minimum absolute atomic E-state index is 0.0138. The predicted octanol–water partition coefficient (Wildman–Crippen LogP) is 4.46. The zero-order valence-electron chi connectivity index (χ0n) is 13.6. The number of rotatable bonds is 5. The molecule has 0 saturated heterocycles. The molecule has 0 aliphatic heterocycles. The van der Waals surface area contributed by atoms with E-state index in [2.05, 4.69) is 49.8 Å². The molecule has 0 fully saturated rings. The van der Waals surface area contributed by atoms with Crippen molar-refractivity contribution < 1.29 is 14.3 Å². The Labute approximate surface area is 137 Å². The number of hydrogen-bond acceptors (Lipinski definition) is 3. The largest absolute Gasteiger partial charge is 0.404 e. The number of carbonyl (C=O) groups is 1. The molecule has 0 spiro atoms. The summed E-state index contributed by atoms with van der Waals surface area (Å²) in [5, 5.41) is 10.5. The standard InChI is InChI=1S/C16H25BrO3Si/c1-11(18)15(20-21(5,6)16(2,3)4)14(19)12-7-9-13(17)10-8-12/h7-10,14-15,19H,1-6H3/t14-,15-/m0/s1. The van der Waals surface area contributed by atoms with Gasteiger partial charge in [-0.25, -0.2) is 0 Å². The Morgan fingerprint density at radius 2 is 1.71 bits per heavy atom. The fourth-order valence-electron chi connectivity index (χ4n) is 1.70. The molecule has 5 heteroatoms. The first-order valence-electron chi connectivity index (χ1n) is 7.07. The van der Waals surface area contributed by atoms with Gasteiger partial charge in [-0.1, -0.05) is 48.8 Å². The number of halogens is 1. The Bertz CT molecular complexity index is 491. The Hall–Kier alpha value is -0.493. The van der Waals surface area contributed by atoms with Gasteiger partial charge < -0.3 is 9.53 Å². The summed E-state index contributed by atoms with van der Waals surface area (Å²) in [5.41, 5.74) is 0.692. The Balaban J connectivity index is 3.02. The maximum absolute atomic E-state index is 12.0. The fourth-order valence-corrected chi connectivity index (χ4v) is 3.25. The molecule has 0 radical (unpaired) electrons. The molecule has 3 nitrogen and oxygen atoms in total. The highest BCUT2D eigenvalue weighted by atomic mass is 79.9. The van der Waals surface area contributed by atoms with Gasteiger partial charge in [0, 0.05) is 4.47 Å². The average molecular weight is 373 g/mol. The zero-order chi connectivity index (χ0) is 16.4. The van der Waals surface area contributed by atoms with Crippen molar-refractivity contribution in [3.05, 3.63) is 34.3 Å². The third kappa shape index (κ3) is 4.74. The maximum Gasteiger partial charge on any atom is 0.193 e. The van der Waals surface area contributed by atoms with E-state index in [1.165, 1.54) is 6.92 Å². The molecule has 0 aromatic heterocycles. The second kappa shape index (κ2) is 6.73. The monoisotopic (exact) mass is 372 g/mol. The van der Waals surface area contributed by atoms with Crippen molar-refractivity contribution in [2.75, 3.05) is 0 Å². The van der Waals surface area contributed by atoms with E-state index in [1.54, 1.807) is 12.1 Å². The number of hydrogen-bond donors (Lipinski definition) is 1. The quantitative estimate of drug-likeness (QED) is 0.775. The second-order valence-electron chi connectivity index (χ2n) is 6.91. The van der Waals surface area contributed by atoms with E-state index in [0.717, 1.165) is 4.47 Å². The van der Waals surface area contributed by atoms with Gasteiger partial charge in [-0.15, -0.1) is 0 Å².